The summed E-state index contributed by atoms with van der Waals surface area (Å²) in [5.74, 6) is 0.149. The molecule has 1 spiro atoms. The Balaban J connectivity index is 1.40. The van der Waals surface area contributed by atoms with E-state index in [1.54, 1.807) is 24.3 Å². The molecule has 0 unspecified atom stereocenters. The molecule has 4 atom stereocenters. The van der Waals surface area contributed by atoms with Crippen LogP contribution in [0, 0.1) is 10.1 Å². The molecule has 3 aromatic rings. The summed E-state index contributed by atoms with van der Waals surface area (Å²) in [7, 11) is 0. The minimum absolute atomic E-state index is 0.161. The van der Waals surface area contributed by atoms with E-state index < -0.39 is 17.5 Å². The van der Waals surface area contributed by atoms with E-state index in [0.717, 1.165) is 24.0 Å². The van der Waals surface area contributed by atoms with Crippen LogP contribution in [0.3, 0.4) is 0 Å². The van der Waals surface area contributed by atoms with Crippen LogP contribution >= 0.6 is 23.2 Å². The fourth-order valence-corrected chi connectivity index (χ4v) is 7.15. The van der Waals surface area contributed by atoms with Crippen molar-refractivity contribution in [1.82, 2.24) is 4.90 Å². The molecule has 2 saturated heterocycles. The molecule has 202 valence electrons. The first-order chi connectivity index (χ1) is 18.9. The lowest BCUT2D eigenvalue weighted by Crippen LogP contribution is -2.55. The lowest BCUT2D eigenvalue weighted by atomic mass is 9.77. The molecule has 39 heavy (non-hydrogen) atoms. The second-order valence-electron chi connectivity index (χ2n) is 10.1. The molecule has 0 saturated carbocycles. The maximum Gasteiger partial charge on any atom is 0.256 e. The number of para-hydroxylation sites is 1. The number of carbonyl (C=O) groups is 1. The van der Waals surface area contributed by atoms with Crippen molar-refractivity contribution in [3.63, 3.8) is 0 Å². The number of nitrogens with zero attached hydrogens (tertiary/aromatic N) is 2. The number of fused-ring (bicyclic) bond motifs is 4. The smallest absolute Gasteiger partial charge is 0.256 e. The molecule has 0 aromatic heterocycles. The van der Waals surface area contributed by atoms with Gasteiger partial charge in [-0.15, -0.1) is 0 Å². The average Bonchev–Trinajstić information content (AvgIpc) is 3.57. The zero-order chi connectivity index (χ0) is 27.3. The van der Waals surface area contributed by atoms with Gasteiger partial charge in [-0.2, -0.15) is 0 Å². The van der Waals surface area contributed by atoms with Gasteiger partial charge in [-0.05, 0) is 55.7 Å². The van der Waals surface area contributed by atoms with Gasteiger partial charge < -0.3 is 14.8 Å². The number of hydrogen-bond donors (Lipinski definition) is 1. The number of amides is 1. The van der Waals surface area contributed by atoms with Gasteiger partial charge in [0, 0.05) is 44.4 Å². The minimum Gasteiger partial charge on any atom is -0.490 e. The molecule has 2 fully saturated rings. The standard InChI is InChI=1S/C29H27Cl2N3O5/c1-2-38-25-14-17(10-12-24(25)39-16-18-9-11-19(30)15-21(18)31)26-23-8-5-13-33(23)29(27(26)34(36)37)20-6-3-4-7-22(20)32-28(29)35/h3-4,6-7,9-12,14-15,23,26-27H,2,5,8,13,16H2,1H3,(H,32,35)/t23-,26+,27-,29-/m0/s1. The highest BCUT2D eigenvalue weighted by Crippen LogP contribution is 2.58. The van der Waals surface area contributed by atoms with Gasteiger partial charge in [-0.1, -0.05) is 53.5 Å². The number of rotatable bonds is 7. The third kappa shape index (κ3) is 4.04. The second kappa shape index (κ2) is 10.0. The average molecular weight is 568 g/mol. The number of nitro groups is 1. The van der Waals surface area contributed by atoms with Crippen molar-refractivity contribution < 1.29 is 19.2 Å². The molecule has 6 rings (SSSR count). The summed E-state index contributed by atoms with van der Waals surface area (Å²) in [6, 6.07) is 16.7. The molecule has 3 aliphatic heterocycles. The summed E-state index contributed by atoms with van der Waals surface area (Å²) in [5.41, 5.74) is 1.48. The molecular weight excluding hydrogens is 541 g/mol. The summed E-state index contributed by atoms with van der Waals surface area (Å²) in [5, 5.41) is 16.8. The number of halogens is 2. The Morgan fingerprint density at radius 3 is 2.69 bits per heavy atom. The Morgan fingerprint density at radius 1 is 1.10 bits per heavy atom. The molecule has 0 bridgehead atoms. The zero-order valence-corrected chi connectivity index (χ0v) is 22.7. The first kappa shape index (κ1) is 25.9. The van der Waals surface area contributed by atoms with Crippen LogP contribution in [0.15, 0.2) is 60.7 Å². The Morgan fingerprint density at radius 2 is 1.92 bits per heavy atom. The Kier molecular flexibility index (Phi) is 6.65. The van der Waals surface area contributed by atoms with Gasteiger partial charge in [0.05, 0.1) is 12.5 Å². The van der Waals surface area contributed by atoms with Crippen LogP contribution in [0.2, 0.25) is 10.0 Å². The van der Waals surface area contributed by atoms with Crippen molar-refractivity contribution >= 4 is 34.8 Å². The molecule has 1 amide bonds. The van der Waals surface area contributed by atoms with Crippen molar-refractivity contribution in [2.45, 2.75) is 49.9 Å². The molecule has 1 N–H and O–H groups in total. The quantitative estimate of drug-likeness (QED) is 0.277. The number of ether oxygens (including phenoxy) is 2. The predicted octanol–water partition coefficient (Wildman–Crippen LogP) is 6.03. The van der Waals surface area contributed by atoms with Crippen LogP contribution in [-0.2, 0) is 16.9 Å². The SMILES string of the molecule is CCOc1cc([C@H]2[C@H]([N+](=O)[O-])[C@@]3(C(=O)Nc4ccccc43)N3CCC[C@@H]23)ccc1OCc1ccc(Cl)cc1Cl. The molecule has 3 aromatic carbocycles. The number of nitrogens with one attached hydrogen (secondary N) is 1. The van der Waals surface area contributed by atoms with Crippen molar-refractivity contribution in [3.05, 3.63) is 97.5 Å². The number of carbonyl (C=O) groups excluding carboxylic acids is 1. The first-order valence-electron chi connectivity index (χ1n) is 13.0. The van der Waals surface area contributed by atoms with Crippen LogP contribution in [0.25, 0.3) is 0 Å². The largest absolute Gasteiger partial charge is 0.490 e. The van der Waals surface area contributed by atoms with Crippen LogP contribution in [0.4, 0.5) is 5.69 Å². The fourth-order valence-electron chi connectivity index (χ4n) is 6.69. The number of hydrogen-bond acceptors (Lipinski definition) is 6. The molecule has 10 heteroatoms. The van der Waals surface area contributed by atoms with E-state index in [1.165, 1.54) is 0 Å². The molecule has 0 radical (unpaired) electrons. The third-order valence-electron chi connectivity index (χ3n) is 8.14. The maximum atomic E-state index is 13.7. The van der Waals surface area contributed by atoms with Crippen molar-refractivity contribution in [3.8, 4) is 11.5 Å². The van der Waals surface area contributed by atoms with Crippen LogP contribution in [0.1, 0.15) is 42.4 Å². The van der Waals surface area contributed by atoms with E-state index >= 15 is 0 Å². The van der Waals surface area contributed by atoms with Crippen LogP contribution in [0.5, 0.6) is 11.5 Å². The number of benzene rings is 3. The lowest BCUT2D eigenvalue weighted by Gasteiger charge is -2.32. The van der Waals surface area contributed by atoms with Gasteiger partial charge in [-0.25, -0.2) is 0 Å². The molecule has 3 aliphatic rings. The normalized spacial score (nSPS) is 25.4. The van der Waals surface area contributed by atoms with E-state index in [-0.39, 0.29) is 23.5 Å². The number of anilines is 1. The maximum absolute atomic E-state index is 13.7. The van der Waals surface area contributed by atoms with Crippen LogP contribution in [-0.4, -0.2) is 41.0 Å². The fraction of sp³-hybridized carbons (Fsp3) is 0.345. The topological polar surface area (TPSA) is 93.9 Å². The summed E-state index contributed by atoms with van der Waals surface area (Å²) in [6.45, 7) is 3.08. The van der Waals surface area contributed by atoms with Gasteiger partial charge in [0.25, 0.3) is 11.9 Å². The van der Waals surface area contributed by atoms with E-state index in [2.05, 4.69) is 10.2 Å². The summed E-state index contributed by atoms with van der Waals surface area (Å²) >= 11 is 12.3. The van der Waals surface area contributed by atoms with Crippen molar-refractivity contribution in [1.29, 1.82) is 0 Å². The summed E-state index contributed by atoms with van der Waals surface area (Å²) in [6.07, 6.45) is 1.63. The van der Waals surface area contributed by atoms with E-state index in [4.69, 9.17) is 32.7 Å². The van der Waals surface area contributed by atoms with Gasteiger partial charge in [0.15, 0.2) is 17.0 Å². The molecule has 0 aliphatic carbocycles. The third-order valence-corrected chi connectivity index (χ3v) is 8.73. The second-order valence-corrected chi connectivity index (χ2v) is 10.9. The predicted molar refractivity (Wildman–Crippen MR) is 148 cm³/mol. The van der Waals surface area contributed by atoms with E-state index in [1.807, 2.05) is 43.3 Å². The minimum atomic E-state index is -1.36. The van der Waals surface area contributed by atoms with Gasteiger partial charge in [0.1, 0.15) is 6.61 Å². The molecule has 3 heterocycles. The zero-order valence-electron chi connectivity index (χ0n) is 21.2. The highest BCUT2D eigenvalue weighted by Gasteiger charge is 2.73. The summed E-state index contributed by atoms with van der Waals surface area (Å²) in [4.78, 5) is 28.3. The van der Waals surface area contributed by atoms with Gasteiger partial charge in [0.2, 0.25) is 0 Å². The summed E-state index contributed by atoms with van der Waals surface area (Å²) < 4.78 is 12.0. The van der Waals surface area contributed by atoms with E-state index in [0.29, 0.717) is 45.9 Å². The highest BCUT2D eigenvalue weighted by molar-refractivity contribution is 6.35. The molecular formula is C29H27Cl2N3O5. The monoisotopic (exact) mass is 567 g/mol. The van der Waals surface area contributed by atoms with Gasteiger partial charge >= 0.3 is 0 Å². The lowest BCUT2D eigenvalue weighted by molar-refractivity contribution is -0.534. The Hall–Kier alpha value is -3.33. The highest BCUT2D eigenvalue weighted by atomic mass is 35.5. The van der Waals surface area contributed by atoms with E-state index in [9.17, 15) is 14.9 Å². The first-order valence-corrected chi connectivity index (χ1v) is 13.8. The van der Waals surface area contributed by atoms with Crippen molar-refractivity contribution in [2.24, 2.45) is 0 Å². The Bertz CT molecular complexity index is 1470. The van der Waals surface area contributed by atoms with Crippen molar-refractivity contribution in [2.75, 3.05) is 18.5 Å². The Labute approximate surface area is 236 Å². The van der Waals surface area contributed by atoms with Gasteiger partial charge in [-0.3, -0.25) is 19.8 Å². The van der Waals surface area contributed by atoms with Crippen LogP contribution < -0.4 is 14.8 Å². The molecule has 8 nitrogen and oxygen atoms in total.